The largest absolute Gasteiger partial charge is 0.382 e. The van der Waals surface area contributed by atoms with E-state index in [1.807, 2.05) is 28.8 Å². The number of benzene rings is 1. The molecule has 0 radical (unpaired) electrons. The molecule has 3 heterocycles. The SMILES string of the molecule is COCC1CCC(n2cnc3c(NCCc4ccccc4)nc(C#N)nc32)O1. The van der Waals surface area contributed by atoms with Crippen molar-refractivity contribution in [2.45, 2.75) is 31.6 Å². The molecule has 3 aromatic rings. The van der Waals surface area contributed by atoms with Crippen LogP contribution in [0.5, 0.6) is 0 Å². The Kier molecular flexibility index (Phi) is 5.46. The van der Waals surface area contributed by atoms with Gasteiger partial charge in [-0.1, -0.05) is 30.3 Å². The lowest BCUT2D eigenvalue weighted by atomic mass is 10.1. The van der Waals surface area contributed by atoms with Crippen molar-refractivity contribution in [3.63, 3.8) is 0 Å². The van der Waals surface area contributed by atoms with Crippen LogP contribution in [0, 0.1) is 11.3 Å². The molecule has 1 saturated heterocycles. The van der Waals surface area contributed by atoms with Gasteiger partial charge in [0.2, 0.25) is 5.82 Å². The summed E-state index contributed by atoms with van der Waals surface area (Å²) in [7, 11) is 1.67. The fourth-order valence-corrected chi connectivity index (χ4v) is 3.47. The molecule has 4 rings (SSSR count). The minimum absolute atomic E-state index is 0.0631. The normalized spacial score (nSPS) is 19.0. The van der Waals surface area contributed by atoms with Crippen LogP contribution in [-0.4, -0.2) is 45.9 Å². The summed E-state index contributed by atoms with van der Waals surface area (Å²) in [4.78, 5) is 13.2. The van der Waals surface area contributed by atoms with Crippen molar-refractivity contribution in [2.24, 2.45) is 0 Å². The highest BCUT2D eigenvalue weighted by Crippen LogP contribution is 2.31. The van der Waals surface area contributed by atoms with Gasteiger partial charge in [-0.15, -0.1) is 0 Å². The lowest BCUT2D eigenvalue weighted by Crippen LogP contribution is -2.16. The van der Waals surface area contributed by atoms with E-state index >= 15 is 0 Å². The zero-order valence-electron chi connectivity index (χ0n) is 15.7. The maximum atomic E-state index is 9.35. The number of fused-ring (bicyclic) bond motifs is 1. The predicted octanol–water partition coefficient (Wildman–Crippen LogP) is 2.68. The van der Waals surface area contributed by atoms with Crippen molar-refractivity contribution in [3.05, 3.63) is 48.0 Å². The number of hydrogen-bond donors (Lipinski definition) is 1. The number of aromatic nitrogens is 4. The molecule has 0 amide bonds. The van der Waals surface area contributed by atoms with Crippen LogP contribution in [0.25, 0.3) is 11.2 Å². The van der Waals surface area contributed by atoms with Crippen molar-refractivity contribution in [1.29, 1.82) is 5.26 Å². The first kappa shape index (κ1) is 18.3. The van der Waals surface area contributed by atoms with Crippen LogP contribution in [0.3, 0.4) is 0 Å². The summed E-state index contributed by atoms with van der Waals surface area (Å²) in [5.74, 6) is 0.686. The number of methoxy groups -OCH3 is 1. The molecule has 8 heteroatoms. The maximum Gasteiger partial charge on any atom is 0.236 e. The number of imidazole rings is 1. The Morgan fingerprint density at radius 2 is 2.14 bits per heavy atom. The summed E-state index contributed by atoms with van der Waals surface area (Å²) in [5, 5.41) is 12.7. The van der Waals surface area contributed by atoms with Crippen molar-refractivity contribution in [1.82, 2.24) is 19.5 Å². The van der Waals surface area contributed by atoms with Crippen LogP contribution >= 0.6 is 0 Å². The van der Waals surface area contributed by atoms with Crippen LogP contribution in [0.4, 0.5) is 5.82 Å². The van der Waals surface area contributed by atoms with E-state index in [0.29, 0.717) is 30.1 Å². The van der Waals surface area contributed by atoms with Crippen LogP contribution < -0.4 is 5.32 Å². The first-order chi connectivity index (χ1) is 13.8. The van der Waals surface area contributed by atoms with Gasteiger partial charge in [0.1, 0.15) is 12.3 Å². The molecule has 0 saturated carbocycles. The van der Waals surface area contributed by atoms with Gasteiger partial charge in [-0.05, 0) is 24.8 Å². The third-order valence-electron chi connectivity index (χ3n) is 4.82. The molecule has 144 valence electrons. The first-order valence-corrected chi connectivity index (χ1v) is 9.35. The average molecular weight is 378 g/mol. The molecule has 0 spiro atoms. The number of hydrogen-bond acceptors (Lipinski definition) is 7. The summed E-state index contributed by atoms with van der Waals surface area (Å²) in [6.07, 6.45) is 4.22. The number of nitrogens with one attached hydrogen (secondary N) is 1. The third kappa shape index (κ3) is 3.81. The van der Waals surface area contributed by atoms with Crippen LogP contribution in [-0.2, 0) is 15.9 Å². The zero-order valence-corrected chi connectivity index (χ0v) is 15.7. The average Bonchev–Trinajstić information content (AvgIpc) is 3.35. The predicted molar refractivity (Wildman–Crippen MR) is 104 cm³/mol. The molecular formula is C20H22N6O2. The topological polar surface area (TPSA) is 97.9 Å². The molecule has 0 aliphatic carbocycles. The van der Waals surface area contributed by atoms with E-state index in [4.69, 9.17) is 9.47 Å². The van der Waals surface area contributed by atoms with Gasteiger partial charge in [-0.3, -0.25) is 4.57 Å². The Hall–Kier alpha value is -3.02. The Balaban J connectivity index is 1.56. The molecule has 2 aromatic heterocycles. The second-order valence-corrected chi connectivity index (χ2v) is 6.74. The van der Waals surface area contributed by atoms with Crippen molar-refractivity contribution < 1.29 is 9.47 Å². The molecular weight excluding hydrogens is 356 g/mol. The van der Waals surface area contributed by atoms with E-state index in [2.05, 4.69) is 32.4 Å². The second-order valence-electron chi connectivity index (χ2n) is 6.74. The summed E-state index contributed by atoms with van der Waals surface area (Å²) in [6, 6.07) is 12.2. The lowest BCUT2D eigenvalue weighted by Gasteiger charge is -2.15. The van der Waals surface area contributed by atoms with Crippen molar-refractivity contribution in [3.8, 4) is 6.07 Å². The third-order valence-corrected chi connectivity index (χ3v) is 4.82. The second kappa shape index (κ2) is 8.33. The molecule has 1 N–H and O–H groups in total. The van der Waals surface area contributed by atoms with Gasteiger partial charge in [0.15, 0.2) is 17.0 Å². The highest BCUT2D eigenvalue weighted by atomic mass is 16.5. The van der Waals surface area contributed by atoms with Gasteiger partial charge in [0, 0.05) is 13.7 Å². The van der Waals surface area contributed by atoms with Gasteiger partial charge < -0.3 is 14.8 Å². The Morgan fingerprint density at radius 1 is 1.29 bits per heavy atom. The lowest BCUT2D eigenvalue weighted by molar-refractivity contribution is -0.0300. The minimum Gasteiger partial charge on any atom is -0.382 e. The van der Waals surface area contributed by atoms with Crippen LogP contribution in [0.15, 0.2) is 36.7 Å². The first-order valence-electron chi connectivity index (χ1n) is 9.35. The zero-order chi connectivity index (χ0) is 19.3. The summed E-state index contributed by atoms with van der Waals surface area (Å²) >= 11 is 0. The number of rotatable bonds is 7. The molecule has 2 unspecified atom stereocenters. The number of ether oxygens (including phenoxy) is 2. The van der Waals surface area contributed by atoms with E-state index in [9.17, 15) is 5.26 Å². The molecule has 2 atom stereocenters. The molecule has 1 fully saturated rings. The maximum absolute atomic E-state index is 9.35. The highest BCUT2D eigenvalue weighted by molar-refractivity contribution is 5.83. The van der Waals surface area contributed by atoms with Gasteiger partial charge >= 0.3 is 0 Å². The molecule has 1 aliphatic rings. The van der Waals surface area contributed by atoms with Gasteiger partial charge in [0.25, 0.3) is 0 Å². The Bertz CT molecular complexity index is 982. The van der Waals surface area contributed by atoms with E-state index in [1.54, 1.807) is 13.4 Å². The standard InChI is InChI=1S/C20H22N6O2/c1-27-12-15-7-8-17(28-15)26-13-23-18-19(24-16(11-21)25-20(18)26)22-10-9-14-5-3-2-4-6-14/h2-6,13,15,17H,7-10,12H2,1H3,(H,22,24,25). The molecule has 1 aliphatic heterocycles. The van der Waals surface area contributed by atoms with E-state index in [1.165, 1.54) is 5.56 Å². The van der Waals surface area contributed by atoms with Crippen molar-refractivity contribution in [2.75, 3.05) is 25.6 Å². The van der Waals surface area contributed by atoms with E-state index < -0.39 is 0 Å². The quantitative estimate of drug-likeness (QED) is 0.675. The van der Waals surface area contributed by atoms with Gasteiger partial charge in [-0.2, -0.15) is 15.2 Å². The molecule has 1 aromatic carbocycles. The summed E-state index contributed by atoms with van der Waals surface area (Å²) in [5.41, 5.74) is 2.48. The van der Waals surface area contributed by atoms with E-state index in [0.717, 1.165) is 19.3 Å². The molecule has 0 bridgehead atoms. The Morgan fingerprint density at radius 3 is 2.93 bits per heavy atom. The highest BCUT2D eigenvalue weighted by Gasteiger charge is 2.28. The summed E-state index contributed by atoms with van der Waals surface area (Å²) < 4.78 is 13.1. The van der Waals surface area contributed by atoms with E-state index in [-0.39, 0.29) is 18.2 Å². The fraction of sp³-hybridized carbons (Fsp3) is 0.400. The summed E-state index contributed by atoms with van der Waals surface area (Å²) in [6.45, 7) is 1.25. The number of nitriles is 1. The van der Waals surface area contributed by atoms with Crippen molar-refractivity contribution >= 4 is 17.0 Å². The number of nitrogens with zero attached hydrogens (tertiary/aromatic N) is 5. The molecule has 28 heavy (non-hydrogen) atoms. The minimum atomic E-state index is -0.163. The van der Waals surface area contributed by atoms with Gasteiger partial charge in [0.05, 0.1) is 19.0 Å². The van der Waals surface area contributed by atoms with Crippen LogP contribution in [0.1, 0.15) is 30.5 Å². The smallest absolute Gasteiger partial charge is 0.236 e. The Labute approximate surface area is 163 Å². The van der Waals surface area contributed by atoms with Gasteiger partial charge in [-0.25, -0.2) is 4.98 Å². The fourth-order valence-electron chi connectivity index (χ4n) is 3.47. The monoisotopic (exact) mass is 378 g/mol. The number of anilines is 1. The molecule has 8 nitrogen and oxygen atoms in total. The van der Waals surface area contributed by atoms with Crippen LogP contribution in [0.2, 0.25) is 0 Å².